The van der Waals surface area contributed by atoms with Gasteiger partial charge in [0.25, 0.3) is 0 Å². The van der Waals surface area contributed by atoms with Crippen LogP contribution in [0.3, 0.4) is 0 Å². The maximum atomic E-state index is 11.6. The van der Waals surface area contributed by atoms with E-state index in [9.17, 15) is 4.79 Å². The fourth-order valence-electron chi connectivity index (χ4n) is 1.78. The van der Waals surface area contributed by atoms with Gasteiger partial charge in [-0.15, -0.1) is 0 Å². The van der Waals surface area contributed by atoms with E-state index < -0.39 is 0 Å². The van der Waals surface area contributed by atoms with E-state index in [4.69, 9.17) is 0 Å². The Hall–Kier alpha value is -0.370. The van der Waals surface area contributed by atoms with Crippen LogP contribution in [0, 0.1) is 11.8 Å². The predicted molar refractivity (Wildman–Crippen MR) is 50.1 cm³/mol. The molecule has 1 fully saturated rings. The summed E-state index contributed by atoms with van der Waals surface area (Å²) in [6, 6.07) is 0. The summed E-state index contributed by atoms with van der Waals surface area (Å²) < 4.78 is 0. The molecule has 0 saturated carbocycles. The Balaban J connectivity index is 2.43. The van der Waals surface area contributed by atoms with Gasteiger partial charge in [-0.3, -0.25) is 4.79 Å². The molecule has 0 spiro atoms. The third kappa shape index (κ3) is 2.59. The van der Waals surface area contributed by atoms with E-state index in [-0.39, 0.29) is 5.92 Å². The molecule has 0 aromatic rings. The molecule has 0 aromatic carbocycles. The smallest absolute Gasteiger partial charge is 0.138 e. The SMILES string of the molecule is CC(C)C(=O)C1CCCNCC1. The molecule has 1 N–H and O–H groups in total. The van der Waals surface area contributed by atoms with E-state index >= 15 is 0 Å². The van der Waals surface area contributed by atoms with E-state index in [0.717, 1.165) is 32.4 Å². The van der Waals surface area contributed by atoms with Crippen LogP contribution in [0.1, 0.15) is 33.1 Å². The molecule has 2 nitrogen and oxygen atoms in total. The molecule has 2 heteroatoms. The van der Waals surface area contributed by atoms with Crippen LogP contribution in [0.25, 0.3) is 0 Å². The zero-order valence-electron chi connectivity index (χ0n) is 8.10. The molecule has 1 atom stereocenters. The monoisotopic (exact) mass is 169 g/mol. The summed E-state index contributed by atoms with van der Waals surface area (Å²) in [6.45, 7) is 6.10. The first-order valence-corrected chi connectivity index (χ1v) is 4.96. The first kappa shape index (κ1) is 9.72. The van der Waals surface area contributed by atoms with E-state index in [2.05, 4.69) is 5.32 Å². The van der Waals surface area contributed by atoms with Crippen molar-refractivity contribution < 1.29 is 4.79 Å². The maximum absolute atomic E-state index is 11.6. The van der Waals surface area contributed by atoms with Crippen molar-refractivity contribution in [1.29, 1.82) is 0 Å². The Morgan fingerprint density at radius 2 is 2.08 bits per heavy atom. The topological polar surface area (TPSA) is 29.1 Å². The van der Waals surface area contributed by atoms with Gasteiger partial charge in [-0.1, -0.05) is 13.8 Å². The Morgan fingerprint density at radius 3 is 2.75 bits per heavy atom. The third-order valence-corrected chi connectivity index (χ3v) is 2.55. The second kappa shape index (κ2) is 4.61. The van der Waals surface area contributed by atoms with Gasteiger partial charge in [0, 0.05) is 11.8 Å². The minimum atomic E-state index is 0.216. The van der Waals surface area contributed by atoms with Crippen molar-refractivity contribution in [2.45, 2.75) is 33.1 Å². The van der Waals surface area contributed by atoms with Gasteiger partial charge in [0.05, 0.1) is 0 Å². The highest BCUT2D eigenvalue weighted by Crippen LogP contribution is 2.18. The minimum Gasteiger partial charge on any atom is -0.317 e. The number of hydrogen-bond donors (Lipinski definition) is 1. The molecule has 70 valence electrons. The molecule has 0 amide bonds. The molecule has 0 bridgehead atoms. The van der Waals surface area contributed by atoms with E-state index in [1.54, 1.807) is 0 Å². The van der Waals surface area contributed by atoms with Crippen molar-refractivity contribution in [2.75, 3.05) is 13.1 Å². The Labute approximate surface area is 74.7 Å². The number of carbonyl (C=O) groups is 1. The van der Waals surface area contributed by atoms with Gasteiger partial charge in [0.2, 0.25) is 0 Å². The van der Waals surface area contributed by atoms with E-state index in [1.165, 1.54) is 0 Å². The fraction of sp³-hybridized carbons (Fsp3) is 0.900. The lowest BCUT2D eigenvalue weighted by Gasteiger charge is -2.14. The second-order valence-electron chi connectivity index (χ2n) is 3.93. The number of carbonyl (C=O) groups excluding carboxylic acids is 1. The van der Waals surface area contributed by atoms with Crippen LogP contribution in [0.2, 0.25) is 0 Å². The van der Waals surface area contributed by atoms with Crippen molar-refractivity contribution >= 4 is 5.78 Å². The molecule has 1 heterocycles. The van der Waals surface area contributed by atoms with Crippen LogP contribution in [0.4, 0.5) is 0 Å². The van der Waals surface area contributed by atoms with Crippen molar-refractivity contribution in [3.05, 3.63) is 0 Å². The molecule has 0 aliphatic carbocycles. The number of rotatable bonds is 2. The number of Topliss-reactive ketones (excluding diaryl/α,β-unsaturated/α-hetero) is 1. The zero-order valence-corrected chi connectivity index (χ0v) is 8.10. The molecule has 1 saturated heterocycles. The van der Waals surface area contributed by atoms with Crippen LogP contribution in [-0.2, 0) is 4.79 Å². The summed E-state index contributed by atoms with van der Waals surface area (Å²) in [5.41, 5.74) is 0. The molecule has 1 aliphatic heterocycles. The Kier molecular flexibility index (Phi) is 3.73. The fourth-order valence-corrected chi connectivity index (χ4v) is 1.78. The van der Waals surface area contributed by atoms with Crippen LogP contribution in [0.5, 0.6) is 0 Å². The van der Waals surface area contributed by atoms with Gasteiger partial charge in [-0.25, -0.2) is 0 Å². The van der Waals surface area contributed by atoms with Crippen molar-refractivity contribution in [2.24, 2.45) is 11.8 Å². The highest BCUT2D eigenvalue weighted by Gasteiger charge is 2.21. The lowest BCUT2D eigenvalue weighted by Crippen LogP contribution is -2.21. The number of ketones is 1. The highest BCUT2D eigenvalue weighted by atomic mass is 16.1. The molecule has 1 rings (SSSR count). The first-order valence-electron chi connectivity index (χ1n) is 4.96. The van der Waals surface area contributed by atoms with Crippen LogP contribution in [-0.4, -0.2) is 18.9 Å². The van der Waals surface area contributed by atoms with Crippen LogP contribution >= 0.6 is 0 Å². The van der Waals surface area contributed by atoms with Crippen molar-refractivity contribution in [3.8, 4) is 0 Å². The maximum Gasteiger partial charge on any atom is 0.138 e. The van der Waals surface area contributed by atoms with Gasteiger partial charge in [-0.05, 0) is 32.4 Å². The standard InChI is InChI=1S/C10H19NO/c1-8(2)10(12)9-4-3-6-11-7-5-9/h8-9,11H,3-7H2,1-2H3. The molecule has 0 aromatic heterocycles. The zero-order chi connectivity index (χ0) is 8.97. The lowest BCUT2D eigenvalue weighted by atomic mass is 9.89. The quantitative estimate of drug-likeness (QED) is 0.680. The van der Waals surface area contributed by atoms with Crippen LogP contribution in [0.15, 0.2) is 0 Å². The first-order chi connectivity index (χ1) is 5.72. The summed E-state index contributed by atoms with van der Waals surface area (Å²) in [5.74, 6) is 1.01. The van der Waals surface area contributed by atoms with E-state index in [1.807, 2.05) is 13.8 Å². The van der Waals surface area contributed by atoms with Crippen molar-refractivity contribution in [3.63, 3.8) is 0 Å². The van der Waals surface area contributed by atoms with Crippen molar-refractivity contribution in [1.82, 2.24) is 5.32 Å². The summed E-state index contributed by atoms with van der Waals surface area (Å²) in [4.78, 5) is 11.6. The van der Waals surface area contributed by atoms with Gasteiger partial charge in [-0.2, -0.15) is 0 Å². The predicted octanol–water partition coefficient (Wildman–Crippen LogP) is 1.60. The number of hydrogen-bond acceptors (Lipinski definition) is 2. The van der Waals surface area contributed by atoms with Gasteiger partial charge >= 0.3 is 0 Å². The van der Waals surface area contributed by atoms with Gasteiger partial charge < -0.3 is 5.32 Å². The highest BCUT2D eigenvalue weighted by molar-refractivity contribution is 5.82. The molecular formula is C10H19NO. The van der Waals surface area contributed by atoms with Crippen LogP contribution < -0.4 is 5.32 Å². The summed E-state index contributed by atoms with van der Waals surface area (Å²) in [5, 5.41) is 3.32. The van der Waals surface area contributed by atoms with E-state index in [0.29, 0.717) is 11.7 Å². The Bertz CT molecular complexity index is 146. The minimum absolute atomic E-state index is 0.216. The third-order valence-electron chi connectivity index (χ3n) is 2.55. The molecular weight excluding hydrogens is 150 g/mol. The van der Waals surface area contributed by atoms with Gasteiger partial charge in [0.15, 0.2) is 0 Å². The lowest BCUT2D eigenvalue weighted by molar-refractivity contribution is -0.126. The molecule has 1 unspecified atom stereocenters. The average Bonchev–Trinajstić information content (AvgIpc) is 2.30. The average molecular weight is 169 g/mol. The normalized spacial score (nSPS) is 25.4. The Morgan fingerprint density at radius 1 is 1.33 bits per heavy atom. The summed E-state index contributed by atoms with van der Waals surface area (Å²) in [6.07, 6.45) is 3.28. The molecule has 1 aliphatic rings. The largest absolute Gasteiger partial charge is 0.317 e. The summed E-state index contributed by atoms with van der Waals surface area (Å²) in [7, 11) is 0. The van der Waals surface area contributed by atoms with Gasteiger partial charge in [0.1, 0.15) is 5.78 Å². The molecule has 12 heavy (non-hydrogen) atoms. The molecule has 0 radical (unpaired) electrons. The summed E-state index contributed by atoms with van der Waals surface area (Å²) >= 11 is 0. The number of nitrogens with one attached hydrogen (secondary N) is 1. The second-order valence-corrected chi connectivity index (χ2v) is 3.93.